The van der Waals surface area contributed by atoms with E-state index in [0.717, 1.165) is 22.3 Å². The molecular formula is C26H22F2N2O2. The molecule has 3 aromatic rings. The highest BCUT2D eigenvalue weighted by Gasteiger charge is 2.01. The molecule has 3 aromatic carbocycles. The average molecular weight is 432 g/mol. The van der Waals surface area contributed by atoms with Crippen LogP contribution in [0.2, 0.25) is 0 Å². The molecule has 0 aromatic heterocycles. The Kier molecular flexibility index (Phi) is 8.03. The molecule has 2 N–H and O–H groups in total. The summed E-state index contributed by atoms with van der Waals surface area (Å²) < 4.78 is 25.8. The minimum Gasteiger partial charge on any atom is -0.348 e. The van der Waals surface area contributed by atoms with Crippen molar-refractivity contribution in [2.45, 2.75) is 13.1 Å². The molecule has 6 heteroatoms. The Labute approximate surface area is 185 Å². The van der Waals surface area contributed by atoms with E-state index in [0.29, 0.717) is 13.1 Å². The van der Waals surface area contributed by atoms with E-state index in [1.165, 1.54) is 36.4 Å². The Bertz CT molecular complexity index is 1030. The molecule has 0 aliphatic rings. The fourth-order valence-electron chi connectivity index (χ4n) is 2.84. The third-order valence-electron chi connectivity index (χ3n) is 4.52. The topological polar surface area (TPSA) is 58.2 Å². The minimum absolute atomic E-state index is 0.265. The van der Waals surface area contributed by atoms with Crippen LogP contribution in [0, 0.1) is 11.6 Å². The lowest BCUT2D eigenvalue weighted by atomic mass is 10.1. The fraction of sp³-hybridized carbons (Fsp3) is 0.0769. The maximum atomic E-state index is 12.9. The quantitative estimate of drug-likeness (QED) is 0.510. The van der Waals surface area contributed by atoms with Crippen LogP contribution < -0.4 is 10.6 Å². The first-order chi connectivity index (χ1) is 15.5. The second-order valence-corrected chi connectivity index (χ2v) is 7.03. The largest absolute Gasteiger partial charge is 0.348 e. The SMILES string of the molecule is O=C(/C=C/c1ccc(F)cc1)NCc1cccc(CNC(=O)/C=C/c2ccc(F)cc2)c1. The van der Waals surface area contributed by atoms with Gasteiger partial charge in [-0.1, -0.05) is 48.5 Å². The Morgan fingerprint density at radius 1 is 0.656 bits per heavy atom. The summed E-state index contributed by atoms with van der Waals surface area (Å²) in [4.78, 5) is 24.0. The van der Waals surface area contributed by atoms with E-state index in [9.17, 15) is 18.4 Å². The van der Waals surface area contributed by atoms with Crippen molar-refractivity contribution in [1.82, 2.24) is 10.6 Å². The highest BCUT2D eigenvalue weighted by Crippen LogP contribution is 2.07. The summed E-state index contributed by atoms with van der Waals surface area (Å²) in [5.74, 6) is -1.18. The smallest absolute Gasteiger partial charge is 0.244 e. The van der Waals surface area contributed by atoms with Crippen molar-refractivity contribution in [2.75, 3.05) is 0 Å². The number of carbonyl (C=O) groups is 2. The Morgan fingerprint density at radius 3 is 1.47 bits per heavy atom. The lowest BCUT2D eigenvalue weighted by Crippen LogP contribution is -2.21. The molecular weight excluding hydrogens is 410 g/mol. The number of hydrogen-bond acceptors (Lipinski definition) is 2. The summed E-state index contributed by atoms with van der Waals surface area (Å²) in [6.07, 6.45) is 6.01. The Balaban J connectivity index is 1.46. The van der Waals surface area contributed by atoms with Gasteiger partial charge in [0.2, 0.25) is 11.8 Å². The molecule has 162 valence electrons. The highest BCUT2D eigenvalue weighted by atomic mass is 19.1. The number of benzene rings is 3. The van der Waals surface area contributed by atoms with Gasteiger partial charge in [-0.15, -0.1) is 0 Å². The molecule has 0 radical (unpaired) electrons. The molecule has 0 heterocycles. The van der Waals surface area contributed by atoms with Crippen molar-refractivity contribution < 1.29 is 18.4 Å². The third kappa shape index (κ3) is 7.65. The summed E-state index contributed by atoms with van der Waals surface area (Å²) in [7, 11) is 0. The first kappa shape index (κ1) is 22.6. The van der Waals surface area contributed by atoms with Crippen LogP contribution in [0.1, 0.15) is 22.3 Å². The van der Waals surface area contributed by atoms with Crippen LogP contribution in [0.25, 0.3) is 12.2 Å². The zero-order valence-electron chi connectivity index (χ0n) is 17.2. The lowest BCUT2D eigenvalue weighted by molar-refractivity contribution is -0.117. The molecule has 0 bridgehead atoms. The maximum Gasteiger partial charge on any atom is 0.244 e. The number of carbonyl (C=O) groups excluding carboxylic acids is 2. The molecule has 4 nitrogen and oxygen atoms in total. The number of nitrogens with one attached hydrogen (secondary N) is 2. The van der Waals surface area contributed by atoms with Gasteiger partial charge in [0.1, 0.15) is 11.6 Å². The fourth-order valence-corrected chi connectivity index (χ4v) is 2.84. The predicted octanol–water partition coefficient (Wildman–Crippen LogP) is 4.62. The van der Waals surface area contributed by atoms with Gasteiger partial charge < -0.3 is 10.6 Å². The van der Waals surface area contributed by atoms with E-state index in [2.05, 4.69) is 10.6 Å². The van der Waals surface area contributed by atoms with Gasteiger partial charge in [0.05, 0.1) is 0 Å². The van der Waals surface area contributed by atoms with Crippen molar-refractivity contribution in [2.24, 2.45) is 0 Å². The third-order valence-corrected chi connectivity index (χ3v) is 4.52. The van der Waals surface area contributed by atoms with E-state index in [1.807, 2.05) is 24.3 Å². The molecule has 0 saturated heterocycles. The molecule has 0 aliphatic heterocycles. The van der Waals surface area contributed by atoms with Gasteiger partial charge in [-0.2, -0.15) is 0 Å². The van der Waals surface area contributed by atoms with Crippen LogP contribution in [0.5, 0.6) is 0 Å². The Morgan fingerprint density at radius 2 is 1.06 bits per heavy atom. The van der Waals surface area contributed by atoms with Crippen LogP contribution in [0.15, 0.2) is 84.9 Å². The van der Waals surface area contributed by atoms with Gasteiger partial charge in [-0.25, -0.2) is 8.78 Å². The molecule has 3 rings (SSSR count). The van der Waals surface area contributed by atoms with E-state index in [-0.39, 0.29) is 23.4 Å². The average Bonchev–Trinajstić information content (AvgIpc) is 2.81. The lowest BCUT2D eigenvalue weighted by Gasteiger charge is -2.07. The van der Waals surface area contributed by atoms with Gasteiger partial charge in [0, 0.05) is 25.2 Å². The van der Waals surface area contributed by atoms with Crippen molar-refractivity contribution in [1.29, 1.82) is 0 Å². The minimum atomic E-state index is -0.327. The van der Waals surface area contributed by atoms with Gasteiger partial charge in [0.25, 0.3) is 0 Å². The highest BCUT2D eigenvalue weighted by molar-refractivity contribution is 5.92. The van der Waals surface area contributed by atoms with E-state index >= 15 is 0 Å². The molecule has 0 fully saturated rings. The first-order valence-corrected chi connectivity index (χ1v) is 9.99. The van der Waals surface area contributed by atoms with Crippen LogP contribution in [0.4, 0.5) is 8.78 Å². The van der Waals surface area contributed by atoms with Gasteiger partial charge >= 0.3 is 0 Å². The van der Waals surface area contributed by atoms with Gasteiger partial charge in [-0.05, 0) is 58.7 Å². The summed E-state index contributed by atoms with van der Waals surface area (Å²) in [6.45, 7) is 0.664. The van der Waals surface area contributed by atoms with E-state index in [1.54, 1.807) is 36.4 Å². The monoisotopic (exact) mass is 432 g/mol. The molecule has 0 spiro atoms. The number of rotatable bonds is 8. The van der Waals surface area contributed by atoms with Gasteiger partial charge in [0.15, 0.2) is 0 Å². The molecule has 32 heavy (non-hydrogen) atoms. The van der Waals surface area contributed by atoms with E-state index in [4.69, 9.17) is 0 Å². The number of amides is 2. The second-order valence-electron chi connectivity index (χ2n) is 7.03. The molecule has 0 atom stereocenters. The van der Waals surface area contributed by atoms with Crippen LogP contribution in [-0.2, 0) is 22.7 Å². The summed E-state index contributed by atoms with van der Waals surface area (Å²) in [5, 5.41) is 5.58. The van der Waals surface area contributed by atoms with Crippen LogP contribution in [0.3, 0.4) is 0 Å². The zero-order valence-corrected chi connectivity index (χ0v) is 17.2. The Hall–Kier alpha value is -4.06. The zero-order chi connectivity index (χ0) is 22.8. The first-order valence-electron chi connectivity index (χ1n) is 9.99. The van der Waals surface area contributed by atoms with Crippen molar-refractivity contribution in [3.05, 3.63) is 119 Å². The molecule has 0 saturated carbocycles. The van der Waals surface area contributed by atoms with Crippen molar-refractivity contribution in [3.63, 3.8) is 0 Å². The second kappa shape index (κ2) is 11.4. The molecule has 0 unspecified atom stereocenters. The van der Waals surface area contributed by atoms with E-state index < -0.39 is 0 Å². The van der Waals surface area contributed by atoms with Gasteiger partial charge in [-0.3, -0.25) is 9.59 Å². The number of halogens is 2. The maximum absolute atomic E-state index is 12.9. The van der Waals surface area contributed by atoms with Crippen molar-refractivity contribution in [3.8, 4) is 0 Å². The van der Waals surface area contributed by atoms with Crippen molar-refractivity contribution >= 4 is 24.0 Å². The summed E-state index contributed by atoms with van der Waals surface area (Å²) in [6, 6.07) is 19.2. The standard InChI is InChI=1S/C26H22F2N2O2/c27-23-10-4-19(5-11-23)8-14-25(31)29-17-21-2-1-3-22(16-21)18-30-26(32)15-9-20-6-12-24(28)13-7-20/h1-16H,17-18H2,(H,29,31)(H,30,32)/b14-8+,15-9+. The predicted molar refractivity (Wildman–Crippen MR) is 121 cm³/mol. The molecule has 0 aliphatic carbocycles. The summed E-state index contributed by atoms with van der Waals surface area (Å²) in [5.41, 5.74) is 3.24. The van der Waals surface area contributed by atoms with Crippen LogP contribution >= 0.6 is 0 Å². The number of hydrogen-bond donors (Lipinski definition) is 2. The molecule has 2 amide bonds. The van der Waals surface area contributed by atoms with Crippen LogP contribution in [-0.4, -0.2) is 11.8 Å². The summed E-state index contributed by atoms with van der Waals surface area (Å²) >= 11 is 0. The normalized spacial score (nSPS) is 11.1.